The summed E-state index contributed by atoms with van der Waals surface area (Å²) in [6.07, 6.45) is 3.04. The first-order valence-corrected chi connectivity index (χ1v) is 9.00. The third-order valence-corrected chi connectivity index (χ3v) is 5.48. The second kappa shape index (κ2) is 7.55. The van der Waals surface area contributed by atoms with Gasteiger partial charge < -0.3 is 4.74 Å². The molecule has 0 saturated heterocycles. The molecule has 0 aliphatic carbocycles. The summed E-state index contributed by atoms with van der Waals surface area (Å²) in [4.78, 5) is 14.1. The van der Waals surface area contributed by atoms with Crippen molar-refractivity contribution >= 4 is 17.7 Å². The van der Waals surface area contributed by atoms with Crippen molar-refractivity contribution < 1.29 is 9.53 Å². The van der Waals surface area contributed by atoms with Gasteiger partial charge in [-0.2, -0.15) is 5.26 Å². The molecule has 0 spiro atoms. The maximum absolute atomic E-state index is 11.7. The van der Waals surface area contributed by atoms with Crippen LogP contribution in [0.25, 0.3) is 0 Å². The summed E-state index contributed by atoms with van der Waals surface area (Å²) in [6.45, 7) is 2.25. The molecule has 0 N–H and O–H groups in total. The largest absolute Gasteiger partial charge is 0.466 e. The van der Waals surface area contributed by atoms with Gasteiger partial charge in [0, 0.05) is 16.2 Å². The van der Waals surface area contributed by atoms with E-state index in [1.807, 2.05) is 19.1 Å². The first-order valence-electron chi connectivity index (χ1n) is 8.18. The lowest BCUT2D eigenvalue weighted by Crippen LogP contribution is -2.06. The molecule has 0 radical (unpaired) electrons. The molecular weight excluding hydrogens is 318 g/mol. The van der Waals surface area contributed by atoms with Crippen LogP contribution in [-0.2, 0) is 28.8 Å². The van der Waals surface area contributed by atoms with E-state index >= 15 is 0 Å². The average Bonchev–Trinajstić information content (AvgIpc) is 2.79. The zero-order valence-corrected chi connectivity index (χ0v) is 14.5. The van der Waals surface area contributed by atoms with Crippen LogP contribution in [0.2, 0.25) is 0 Å². The Balaban J connectivity index is 1.89. The van der Waals surface area contributed by atoms with Crippen LogP contribution in [0.1, 0.15) is 35.6 Å². The standard InChI is InChI=1S/C20H19NO2S/c1-2-23-19(22)11-10-17-5-3-4-16-9-8-15-7-6-14(13-21)12-18(15)24-20(16)17/h3-7,12H,2,8-11H2,1H3. The van der Waals surface area contributed by atoms with Crippen LogP contribution in [0.3, 0.4) is 0 Å². The molecule has 1 heterocycles. The summed E-state index contributed by atoms with van der Waals surface area (Å²) in [5, 5.41) is 9.14. The van der Waals surface area contributed by atoms with Crippen molar-refractivity contribution in [1.82, 2.24) is 0 Å². The number of fused-ring (bicyclic) bond motifs is 2. The van der Waals surface area contributed by atoms with Gasteiger partial charge in [-0.1, -0.05) is 36.0 Å². The van der Waals surface area contributed by atoms with Crippen molar-refractivity contribution in [2.75, 3.05) is 6.61 Å². The average molecular weight is 337 g/mol. The van der Waals surface area contributed by atoms with Gasteiger partial charge in [0.15, 0.2) is 0 Å². The maximum atomic E-state index is 11.7. The quantitative estimate of drug-likeness (QED) is 0.780. The first-order chi connectivity index (χ1) is 11.7. The van der Waals surface area contributed by atoms with Crippen LogP contribution in [0.15, 0.2) is 46.2 Å². The molecule has 1 aliphatic rings. The van der Waals surface area contributed by atoms with E-state index in [1.54, 1.807) is 11.8 Å². The lowest BCUT2D eigenvalue weighted by Gasteiger charge is -2.12. The Hall–Kier alpha value is -2.25. The van der Waals surface area contributed by atoms with E-state index in [9.17, 15) is 4.79 Å². The smallest absolute Gasteiger partial charge is 0.306 e. The topological polar surface area (TPSA) is 50.1 Å². The maximum Gasteiger partial charge on any atom is 0.306 e. The van der Waals surface area contributed by atoms with E-state index in [1.165, 1.54) is 21.6 Å². The molecule has 0 amide bonds. The van der Waals surface area contributed by atoms with Crippen molar-refractivity contribution in [2.24, 2.45) is 0 Å². The van der Waals surface area contributed by atoms with Crippen LogP contribution in [0, 0.1) is 11.3 Å². The second-order valence-electron chi connectivity index (χ2n) is 5.75. The fourth-order valence-electron chi connectivity index (χ4n) is 2.94. The van der Waals surface area contributed by atoms with E-state index in [0.29, 0.717) is 25.0 Å². The SMILES string of the molecule is CCOC(=O)CCc1cccc2c1Sc1cc(C#N)ccc1CC2. The molecule has 3 nitrogen and oxygen atoms in total. The summed E-state index contributed by atoms with van der Waals surface area (Å²) in [7, 11) is 0. The highest BCUT2D eigenvalue weighted by atomic mass is 32.2. The number of benzene rings is 2. The van der Waals surface area contributed by atoms with E-state index in [-0.39, 0.29) is 5.97 Å². The highest BCUT2D eigenvalue weighted by molar-refractivity contribution is 7.99. The number of aryl methyl sites for hydroxylation is 3. The lowest BCUT2D eigenvalue weighted by atomic mass is 10.0. The number of carbonyl (C=O) groups is 1. The number of carbonyl (C=O) groups excluding carboxylic acids is 1. The predicted molar refractivity (Wildman–Crippen MR) is 94.1 cm³/mol. The van der Waals surface area contributed by atoms with E-state index in [2.05, 4.69) is 30.3 Å². The monoisotopic (exact) mass is 337 g/mol. The summed E-state index contributed by atoms with van der Waals surface area (Å²) in [5.41, 5.74) is 4.47. The molecule has 0 aromatic heterocycles. The number of hydrogen-bond donors (Lipinski definition) is 0. The summed E-state index contributed by atoms with van der Waals surface area (Å²) >= 11 is 1.72. The van der Waals surface area contributed by atoms with Gasteiger partial charge in [-0.15, -0.1) is 0 Å². The van der Waals surface area contributed by atoms with Gasteiger partial charge in [0.2, 0.25) is 0 Å². The van der Waals surface area contributed by atoms with Gasteiger partial charge in [-0.25, -0.2) is 0 Å². The zero-order chi connectivity index (χ0) is 16.9. The van der Waals surface area contributed by atoms with Crippen LogP contribution in [-0.4, -0.2) is 12.6 Å². The first kappa shape index (κ1) is 16.6. The third-order valence-electron chi connectivity index (χ3n) is 4.15. The van der Waals surface area contributed by atoms with Crippen molar-refractivity contribution in [3.63, 3.8) is 0 Å². The molecule has 4 heteroatoms. The number of ether oxygens (including phenoxy) is 1. The molecule has 2 aromatic carbocycles. The number of hydrogen-bond acceptors (Lipinski definition) is 4. The van der Waals surface area contributed by atoms with Gasteiger partial charge >= 0.3 is 5.97 Å². The van der Waals surface area contributed by atoms with E-state index in [0.717, 1.165) is 17.7 Å². The normalized spacial score (nSPS) is 12.5. The zero-order valence-electron chi connectivity index (χ0n) is 13.7. The molecule has 24 heavy (non-hydrogen) atoms. The lowest BCUT2D eigenvalue weighted by molar-refractivity contribution is -0.143. The van der Waals surface area contributed by atoms with Crippen LogP contribution >= 0.6 is 11.8 Å². The highest BCUT2D eigenvalue weighted by Crippen LogP contribution is 2.40. The van der Waals surface area contributed by atoms with Crippen LogP contribution < -0.4 is 0 Å². The minimum Gasteiger partial charge on any atom is -0.466 e. The molecule has 3 rings (SSSR count). The van der Waals surface area contributed by atoms with Gasteiger partial charge in [0.1, 0.15) is 0 Å². The van der Waals surface area contributed by atoms with Gasteiger partial charge in [-0.3, -0.25) is 4.79 Å². The fourth-order valence-corrected chi connectivity index (χ4v) is 4.25. The van der Waals surface area contributed by atoms with Gasteiger partial charge in [0.25, 0.3) is 0 Å². The van der Waals surface area contributed by atoms with Crippen LogP contribution in [0.5, 0.6) is 0 Å². The number of esters is 1. The molecule has 0 unspecified atom stereocenters. The Kier molecular flexibility index (Phi) is 5.22. The molecule has 122 valence electrons. The number of nitriles is 1. The van der Waals surface area contributed by atoms with Crippen molar-refractivity contribution in [3.05, 3.63) is 58.7 Å². The Morgan fingerprint density at radius 2 is 2.08 bits per heavy atom. The van der Waals surface area contributed by atoms with Gasteiger partial charge in [0.05, 0.1) is 18.2 Å². The molecule has 0 atom stereocenters. The minimum atomic E-state index is -0.152. The van der Waals surface area contributed by atoms with Gasteiger partial charge in [-0.05, 0) is 55.0 Å². The van der Waals surface area contributed by atoms with Crippen molar-refractivity contribution in [3.8, 4) is 6.07 Å². The highest BCUT2D eigenvalue weighted by Gasteiger charge is 2.18. The summed E-state index contributed by atoms with van der Waals surface area (Å²) in [5.74, 6) is -0.152. The third kappa shape index (κ3) is 3.63. The Bertz CT molecular complexity index is 808. The Labute approximate surface area is 146 Å². The number of nitrogens with zero attached hydrogens (tertiary/aromatic N) is 1. The second-order valence-corrected chi connectivity index (χ2v) is 6.80. The minimum absolute atomic E-state index is 0.152. The molecular formula is C20H19NO2S. The molecule has 0 fully saturated rings. The Morgan fingerprint density at radius 3 is 2.88 bits per heavy atom. The summed E-state index contributed by atoms with van der Waals surface area (Å²) < 4.78 is 5.04. The molecule has 1 aliphatic heterocycles. The van der Waals surface area contributed by atoms with E-state index < -0.39 is 0 Å². The fraction of sp³-hybridized carbons (Fsp3) is 0.300. The van der Waals surface area contributed by atoms with E-state index in [4.69, 9.17) is 10.00 Å². The predicted octanol–water partition coefficient (Wildman–Crippen LogP) is 4.30. The molecule has 0 saturated carbocycles. The van der Waals surface area contributed by atoms with Crippen molar-refractivity contribution in [2.45, 2.75) is 42.4 Å². The Morgan fingerprint density at radius 1 is 1.25 bits per heavy atom. The number of rotatable bonds is 4. The van der Waals surface area contributed by atoms with Crippen molar-refractivity contribution in [1.29, 1.82) is 5.26 Å². The summed E-state index contributed by atoms with van der Waals surface area (Å²) in [6, 6.07) is 14.4. The van der Waals surface area contributed by atoms with Crippen LogP contribution in [0.4, 0.5) is 0 Å². The molecule has 0 bridgehead atoms. The molecule has 2 aromatic rings.